The molecule has 0 saturated carbocycles. The molecule has 0 heterocycles. The van der Waals surface area contributed by atoms with E-state index in [1.54, 1.807) is 0 Å². The summed E-state index contributed by atoms with van der Waals surface area (Å²) in [6.45, 7) is 6.55. The van der Waals surface area contributed by atoms with Crippen molar-refractivity contribution >= 4 is 17.9 Å². The second-order valence-electron chi connectivity index (χ2n) is 23.8. The Bertz CT molecular complexity index is 1610. The Morgan fingerprint density at radius 3 is 0.735 bits per heavy atom. The molecule has 0 aromatic carbocycles. The van der Waals surface area contributed by atoms with E-state index in [0.29, 0.717) is 19.3 Å². The van der Waals surface area contributed by atoms with Gasteiger partial charge in [0, 0.05) is 19.3 Å². The van der Waals surface area contributed by atoms with Gasteiger partial charge in [-0.2, -0.15) is 0 Å². The van der Waals surface area contributed by atoms with Crippen LogP contribution in [-0.4, -0.2) is 37.2 Å². The summed E-state index contributed by atoms with van der Waals surface area (Å²) >= 11 is 0. The molecule has 1 atom stereocenters. The van der Waals surface area contributed by atoms with Crippen molar-refractivity contribution in [2.45, 2.75) is 361 Å². The lowest BCUT2D eigenvalue weighted by Gasteiger charge is -2.18. The number of rotatable bonds is 65. The summed E-state index contributed by atoms with van der Waals surface area (Å²) in [5, 5.41) is 0. The molecular formula is C77H134O6. The van der Waals surface area contributed by atoms with Crippen LogP contribution in [0.3, 0.4) is 0 Å². The summed E-state index contributed by atoms with van der Waals surface area (Å²) in [6, 6.07) is 0. The maximum Gasteiger partial charge on any atom is 0.306 e. The first-order valence-electron chi connectivity index (χ1n) is 35.7. The largest absolute Gasteiger partial charge is 0.462 e. The maximum absolute atomic E-state index is 13.0. The summed E-state index contributed by atoms with van der Waals surface area (Å²) in [7, 11) is 0. The highest BCUT2D eigenvalue weighted by Gasteiger charge is 2.19. The molecule has 0 aliphatic carbocycles. The van der Waals surface area contributed by atoms with Gasteiger partial charge in [0.15, 0.2) is 6.10 Å². The van der Waals surface area contributed by atoms with Crippen molar-refractivity contribution in [3.05, 3.63) is 97.2 Å². The van der Waals surface area contributed by atoms with Crippen molar-refractivity contribution in [3.63, 3.8) is 0 Å². The molecule has 0 saturated heterocycles. The smallest absolute Gasteiger partial charge is 0.306 e. The van der Waals surface area contributed by atoms with E-state index in [1.165, 1.54) is 199 Å². The molecule has 0 radical (unpaired) electrons. The van der Waals surface area contributed by atoms with Crippen LogP contribution in [0, 0.1) is 0 Å². The van der Waals surface area contributed by atoms with Gasteiger partial charge in [0.05, 0.1) is 0 Å². The SMILES string of the molecule is CC/C=C\C/C=C\C/C=C\C/C=C\C/C=C\C/C=C\CCCCCCCCC(=O)OCC(COC(=O)CCCCCCCCCCCCCCCCC)OC(=O)CCCCCCCCCCCCCCC/C=C\C/C=C\CCCCCCC. The summed E-state index contributed by atoms with van der Waals surface area (Å²) < 4.78 is 17.0. The molecule has 0 aliphatic rings. The topological polar surface area (TPSA) is 78.9 Å². The lowest BCUT2D eigenvalue weighted by molar-refractivity contribution is -0.167. The van der Waals surface area contributed by atoms with Crippen LogP contribution in [0.5, 0.6) is 0 Å². The van der Waals surface area contributed by atoms with Crippen LogP contribution in [0.25, 0.3) is 0 Å². The van der Waals surface area contributed by atoms with Crippen molar-refractivity contribution in [1.29, 1.82) is 0 Å². The van der Waals surface area contributed by atoms with Gasteiger partial charge in [0.2, 0.25) is 0 Å². The first kappa shape index (κ1) is 79.3. The second kappa shape index (κ2) is 70.8. The number of carbonyl (C=O) groups excluding carboxylic acids is 3. The third kappa shape index (κ3) is 69.0. The summed E-state index contributed by atoms with van der Waals surface area (Å²) in [6.07, 6.45) is 95.7. The number of hydrogen-bond acceptors (Lipinski definition) is 6. The Labute approximate surface area is 515 Å². The van der Waals surface area contributed by atoms with Crippen LogP contribution >= 0.6 is 0 Å². The second-order valence-corrected chi connectivity index (χ2v) is 23.8. The normalized spacial score (nSPS) is 12.7. The molecule has 6 nitrogen and oxygen atoms in total. The molecule has 478 valence electrons. The van der Waals surface area contributed by atoms with E-state index in [4.69, 9.17) is 14.2 Å². The van der Waals surface area contributed by atoms with Crippen LogP contribution in [0.2, 0.25) is 0 Å². The van der Waals surface area contributed by atoms with Gasteiger partial charge in [-0.3, -0.25) is 14.4 Å². The molecule has 0 bridgehead atoms. The van der Waals surface area contributed by atoms with Gasteiger partial charge in [-0.15, -0.1) is 0 Å². The van der Waals surface area contributed by atoms with Crippen molar-refractivity contribution < 1.29 is 28.6 Å². The zero-order valence-corrected chi connectivity index (χ0v) is 54.9. The molecule has 6 heteroatoms. The van der Waals surface area contributed by atoms with Crippen molar-refractivity contribution in [2.75, 3.05) is 13.2 Å². The predicted octanol–water partition coefficient (Wildman–Crippen LogP) is 24.8. The Balaban J connectivity index is 4.35. The highest BCUT2D eigenvalue weighted by molar-refractivity contribution is 5.71. The zero-order valence-electron chi connectivity index (χ0n) is 54.9. The third-order valence-corrected chi connectivity index (χ3v) is 15.6. The van der Waals surface area contributed by atoms with Crippen LogP contribution in [-0.2, 0) is 28.6 Å². The molecule has 0 aromatic rings. The molecule has 0 fully saturated rings. The van der Waals surface area contributed by atoms with E-state index in [-0.39, 0.29) is 31.1 Å². The fourth-order valence-corrected chi connectivity index (χ4v) is 10.2. The van der Waals surface area contributed by atoms with Gasteiger partial charge >= 0.3 is 17.9 Å². The fraction of sp³-hybridized carbons (Fsp3) is 0.753. The number of allylic oxidation sites excluding steroid dienone is 16. The van der Waals surface area contributed by atoms with Crippen LogP contribution in [0.15, 0.2) is 97.2 Å². The van der Waals surface area contributed by atoms with Crippen molar-refractivity contribution in [1.82, 2.24) is 0 Å². The van der Waals surface area contributed by atoms with E-state index < -0.39 is 6.10 Å². The Hall–Kier alpha value is -3.67. The summed E-state index contributed by atoms with van der Waals surface area (Å²) in [5.74, 6) is -0.876. The quantitative estimate of drug-likeness (QED) is 0.0261. The first-order chi connectivity index (χ1) is 41.0. The molecule has 0 N–H and O–H groups in total. The van der Waals surface area contributed by atoms with E-state index >= 15 is 0 Å². The molecule has 0 aromatic heterocycles. The van der Waals surface area contributed by atoms with Gasteiger partial charge in [-0.05, 0) is 103 Å². The fourth-order valence-electron chi connectivity index (χ4n) is 10.2. The maximum atomic E-state index is 13.0. The summed E-state index contributed by atoms with van der Waals surface area (Å²) in [4.78, 5) is 38.5. The Kier molecular flexibility index (Phi) is 67.7. The van der Waals surface area contributed by atoms with Gasteiger partial charge < -0.3 is 14.2 Å². The monoisotopic (exact) mass is 1160 g/mol. The zero-order chi connectivity index (χ0) is 59.9. The summed E-state index contributed by atoms with van der Waals surface area (Å²) in [5.41, 5.74) is 0. The predicted molar refractivity (Wildman–Crippen MR) is 362 cm³/mol. The van der Waals surface area contributed by atoms with Crippen LogP contribution in [0.1, 0.15) is 355 Å². The first-order valence-corrected chi connectivity index (χ1v) is 35.7. The number of unbranched alkanes of at least 4 members (excludes halogenated alkanes) is 38. The minimum atomic E-state index is -0.785. The number of hydrogen-bond donors (Lipinski definition) is 0. The van der Waals surface area contributed by atoms with E-state index in [1.807, 2.05) is 0 Å². The lowest BCUT2D eigenvalue weighted by Crippen LogP contribution is -2.30. The molecule has 83 heavy (non-hydrogen) atoms. The molecule has 1 unspecified atom stereocenters. The minimum absolute atomic E-state index is 0.0790. The third-order valence-electron chi connectivity index (χ3n) is 15.6. The molecule has 0 aliphatic heterocycles. The van der Waals surface area contributed by atoms with Crippen molar-refractivity contribution in [2.24, 2.45) is 0 Å². The minimum Gasteiger partial charge on any atom is -0.462 e. The molecule has 0 amide bonds. The van der Waals surface area contributed by atoms with Gasteiger partial charge in [0.25, 0.3) is 0 Å². The average molecular weight is 1160 g/mol. The van der Waals surface area contributed by atoms with E-state index in [9.17, 15) is 14.4 Å². The number of esters is 3. The number of carbonyl (C=O) groups is 3. The van der Waals surface area contributed by atoms with E-state index in [0.717, 1.165) is 116 Å². The van der Waals surface area contributed by atoms with E-state index in [2.05, 4.69) is 118 Å². The molecular weight excluding hydrogens is 1020 g/mol. The van der Waals surface area contributed by atoms with Gasteiger partial charge in [-0.25, -0.2) is 0 Å². The number of ether oxygens (including phenoxy) is 3. The van der Waals surface area contributed by atoms with Crippen LogP contribution < -0.4 is 0 Å². The van der Waals surface area contributed by atoms with Crippen LogP contribution in [0.4, 0.5) is 0 Å². The van der Waals surface area contributed by atoms with Gasteiger partial charge in [0.1, 0.15) is 13.2 Å². The molecule has 0 spiro atoms. The average Bonchev–Trinajstić information content (AvgIpc) is 3.49. The highest BCUT2D eigenvalue weighted by Crippen LogP contribution is 2.17. The Morgan fingerprint density at radius 1 is 0.253 bits per heavy atom. The van der Waals surface area contributed by atoms with Gasteiger partial charge in [-0.1, -0.05) is 330 Å². The lowest BCUT2D eigenvalue weighted by atomic mass is 10.0. The standard InChI is InChI=1S/C77H134O6/c1-4-7-10-13-16-19-22-25-28-30-32-34-36-38-40-42-44-46-49-52-55-58-61-64-67-70-76(79)82-73-74(72-81-75(78)69-66-63-60-57-54-51-48-27-24-21-18-15-12-9-6-3)83-77(80)71-68-65-62-59-56-53-50-47-45-43-41-39-37-35-33-31-29-26-23-20-17-14-11-8-5-2/h7,10,16,19,23,25-26,28,31-34,38,40,44,46,74H,4-6,8-9,11-15,17-18,20-22,24,27,29-30,35-37,39,41-43,45,47-73H2,1-3H3/b10-7-,19-16-,26-23-,28-25-,33-31-,34-32-,40-38-,46-44-. The van der Waals surface area contributed by atoms with Crippen molar-refractivity contribution in [3.8, 4) is 0 Å². The molecule has 0 rings (SSSR count). The highest BCUT2D eigenvalue weighted by atomic mass is 16.6. The Morgan fingerprint density at radius 2 is 0.470 bits per heavy atom.